The molecule has 90 valence electrons. The van der Waals surface area contributed by atoms with E-state index in [9.17, 15) is 4.79 Å². The lowest BCUT2D eigenvalue weighted by atomic mass is 9.89. The van der Waals surface area contributed by atoms with Crippen molar-refractivity contribution in [2.75, 3.05) is 0 Å². The van der Waals surface area contributed by atoms with Gasteiger partial charge in [0.25, 0.3) is 0 Å². The van der Waals surface area contributed by atoms with E-state index >= 15 is 0 Å². The summed E-state index contributed by atoms with van der Waals surface area (Å²) in [6.45, 7) is 6.16. The maximum atomic E-state index is 12.2. The van der Waals surface area contributed by atoms with E-state index in [1.54, 1.807) is 0 Å². The summed E-state index contributed by atoms with van der Waals surface area (Å²) in [5, 5.41) is 0.721. The summed E-state index contributed by atoms with van der Waals surface area (Å²) >= 11 is 5.84. The second kappa shape index (κ2) is 4.30. The average Bonchev–Trinajstić information content (AvgIpc) is 2.44. The van der Waals surface area contributed by atoms with Gasteiger partial charge in [0.15, 0.2) is 5.78 Å². The van der Waals surface area contributed by atoms with Crippen LogP contribution in [0.2, 0.25) is 5.02 Å². The second-order valence-electron chi connectivity index (χ2n) is 5.47. The van der Waals surface area contributed by atoms with E-state index < -0.39 is 0 Å². The third kappa shape index (κ3) is 2.44. The van der Waals surface area contributed by atoms with Gasteiger partial charge in [0, 0.05) is 10.4 Å². The Morgan fingerprint density at radius 3 is 2.35 bits per heavy atom. The molecule has 0 heterocycles. The van der Waals surface area contributed by atoms with Crippen molar-refractivity contribution in [3.8, 4) is 0 Å². The smallest absolute Gasteiger partial charge is 0.164 e. The summed E-state index contributed by atoms with van der Waals surface area (Å²) in [5.74, 6) is 0.619. The van der Waals surface area contributed by atoms with Crippen molar-refractivity contribution < 1.29 is 4.79 Å². The molecule has 0 saturated heterocycles. The number of halogens is 1. The zero-order valence-electron chi connectivity index (χ0n) is 10.5. The number of allylic oxidation sites excluding steroid dienone is 1. The number of hydrogen-bond acceptors (Lipinski definition) is 1. The maximum Gasteiger partial charge on any atom is 0.164 e. The van der Waals surface area contributed by atoms with Crippen LogP contribution in [0.1, 0.15) is 32.8 Å². The first-order valence-electron chi connectivity index (χ1n) is 5.92. The van der Waals surface area contributed by atoms with E-state index in [1.165, 1.54) is 0 Å². The van der Waals surface area contributed by atoms with Crippen LogP contribution in [0, 0.1) is 11.3 Å². The minimum Gasteiger partial charge on any atom is -0.294 e. The molecule has 1 atom stereocenters. The van der Waals surface area contributed by atoms with Gasteiger partial charge >= 0.3 is 0 Å². The Hall–Kier alpha value is -1.08. The lowest BCUT2D eigenvalue weighted by Crippen LogP contribution is -2.17. The fourth-order valence-electron chi connectivity index (χ4n) is 2.53. The van der Waals surface area contributed by atoms with E-state index in [0.29, 0.717) is 5.92 Å². The van der Waals surface area contributed by atoms with Crippen molar-refractivity contribution in [3.05, 3.63) is 40.4 Å². The first kappa shape index (κ1) is 12.4. The zero-order valence-corrected chi connectivity index (χ0v) is 11.2. The van der Waals surface area contributed by atoms with Crippen molar-refractivity contribution in [2.24, 2.45) is 11.3 Å². The Bertz CT molecular complexity index is 468. The maximum absolute atomic E-state index is 12.2. The predicted octanol–water partition coefficient (Wildman–Crippen LogP) is 4.36. The highest BCUT2D eigenvalue weighted by Gasteiger charge is 2.40. The second-order valence-corrected chi connectivity index (χ2v) is 5.91. The van der Waals surface area contributed by atoms with Gasteiger partial charge in [-0.1, -0.05) is 44.5 Å². The largest absolute Gasteiger partial charge is 0.294 e. The molecule has 0 radical (unpaired) electrons. The molecule has 2 rings (SSSR count). The van der Waals surface area contributed by atoms with Crippen molar-refractivity contribution >= 4 is 23.5 Å². The van der Waals surface area contributed by atoms with Crippen molar-refractivity contribution in [3.63, 3.8) is 0 Å². The predicted molar refractivity (Wildman–Crippen MR) is 72.0 cm³/mol. The van der Waals surface area contributed by atoms with Crippen molar-refractivity contribution in [2.45, 2.75) is 27.2 Å². The van der Waals surface area contributed by atoms with E-state index in [0.717, 1.165) is 22.6 Å². The van der Waals surface area contributed by atoms with Crippen LogP contribution in [-0.2, 0) is 4.79 Å². The highest BCUT2D eigenvalue weighted by molar-refractivity contribution is 6.30. The Labute approximate surface area is 107 Å². The van der Waals surface area contributed by atoms with Gasteiger partial charge in [-0.05, 0) is 41.7 Å². The first-order chi connectivity index (χ1) is 7.90. The van der Waals surface area contributed by atoms with Crippen LogP contribution in [0.5, 0.6) is 0 Å². The topological polar surface area (TPSA) is 17.1 Å². The van der Waals surface area contributed by atoms with Crippen LogP contribution in [0.4, 0.5) is 0 Å². The minimum atomic E-state index is -0.211. The Kier molecular flexibility index (Phi) is 3.13. The van der Waals surface area contributed by atoms with Gasteiger partial charge in [-0.25, -0.2) is 0 Å². The molecule has 2 heteroatoms. The molecule has 0 N–H and O–H groups in total. The van der Waals surface area contributed by atoms with Crippen LogP contribution in [-0.4, -0.2) is 5.78 Å². The van der Waals surface area contributed by atoms with Gasteiger partial charge in [-0.15, -0.1) is 0 Å². The molecule has 1 aliphatic carbocycles. The number of Topliss-reactive ketones (excluding diaryl/α,β-unsaturated/α-hetero) is 1. The van der Waals surface area contributed by atoms with Gasteiger partial charge in [-0.2, -0.15) is 0 Å². The third-order valence-corrected chi connectivity index (χ3v) is 3.67. The SMILES string of the molecule is CC1CC(C)(C)C(=O)/C1=C/c1ccc(Cl)cc1. The number of carbonyl (C=O) groups excluding carboxylic acids is 1. The quantitative estimate of drug-likeness (QED) is 0.675. The van der Waals surface area contributed by atoms with Gasteiger partial charge in [0.05, 0.1) is 0 Å². The Morgan fingerprint density at radius 1 is 1.29 bits per heavy atom. The minimum absolute atomic E-state index is 0.211. The molecule has 0 spiro atoms. The molecule has 0 aromatic heterocycles. The summed E-state index contributed by atoms with van der Waals surface area (Å²) in [6, 6.07) is 7.59. The van der Waals surface area contributed by atoms with E-state index in [2.05, 4.69) is 6.92 Å². The number of hydrogen-bond donors (Lipinski definition) is 0. The van der Waals surface area contributed by atoms with E-state index in [-0.39, 0.29) is 11.2 Å². The Balaban J connectivity index is 2.34. The molecular formula is C15H17ClO. The third-order valence-electron chi connectivity index (χ3n) is 3.42. The van der Waals surface area contributed by atoms with Crippen LogP contribution < -0.4 is 0 Å². The number of rotatable bonds is 1. The monoisotopic (exact) mass is 248 g/mol. The van der Waals surface area contributed by atoms with Crippen LogP contribution >= 0.6 is 11.6 Å². The Morgan fingerprint density at radius 2 is 1.88 bits per heavy atom. The number of ketones is 1. The molecule has 0 amide bonds. The lowest BCUT2D eigenvalue weighted by Gasteiger charge is -2.12. The molecular weight excluding hydrogens is 232 g/mol. The summed E-state index contributed by atoms with van der Waals surface area (Å²) < 4.78 is 0. The van der Waals surface area contributed by atoms with Crippen LogP contribution in [0.25, 0.3) is 6.08 Å². The molecule has 1 fully saturated rings. The summed E-state index contributed by atoms with van der Waals surface area (Å²) in [6.07, 6.45) is 2.93. The molecule has 1 aromatic carbocycles. The normalized spacial score (nSPS) is 25.5. The zero-order chi connectivity index (χ0) is 12.6. The first-order valence-corrected chi connectivity index (χ1v) is 6.30. The van der Waals surface area contributed by atoms with Gasteiger partial charge in [-0.3, -0.25) is 4.79 Å². The standard InChI is InChI=1S/C15H17ClO/c1-10-9-15(2,3)14(17)13(10)8-11-4-6-12(16)7-5-11/h4-8,10H,9H2,1-3H3/b13-8+. The van der Waals surface area contributed by atoms with Crippen LogP contribution in [0.3, 0.4) is 0 Å². The van der Waals surface area contributed by atoms with Crippen molar-refractivity contribution in [1.29, 1.82) is 0 Å². The number of benzene rings is 1. The lowest BCUT2D eigenvalue weighted by molar-refractivity contribution is -0.121. The van der Waals surface area contributed by atoms with E-state index in [1.807, 2.05) is 44.2 Å². The van der Waals surface area contributed by atoms with Crippen molar-refractivity contribution in [1.82, 2.24) is 0 Å². The highest BCUT2D eigenvalue weighted by atomic mass is 35.5. The van der Waals surface area contributed by atoms with Gasteiger partial charge in [0.2, 0.25) is 0 Å². The molecule has 0 aliphatic heterocycles. The summed E-state index contributed by atoms with van der Waals surface area (Å²) in [4.78, 5) is 12.2. The number of carbonyl (C=O) groups is 1. The molecule has 1 nitrogen and oxygen atoms in total. The fraction of sp³-hybridized carbons (Fsp3) is 0.400. The highest BCUT2D eigenvalue weighted by Crippen LogP contribution is 2.42. The van der Waals surface area contributed by atoms with Gasteiger partial charge < -0.3 is 0 Å². The average molecular weight is 249 g/mol. The van der Waals surface area contributed by atoms with Crippen LogP contribution in [0.15, 0.2) is 29.8 Å². The van der Waals surface area contributed by atoms with Gasteiger partial charge in [0.1, 0.15) is 0 Å². The molecule has 17 heavy (non-hydrogen) atoms. The fourth-order valence-corrected chi connectivity index (χ4v) is 2.66. The summed E-state index contributed by atoms with van der Waals surface area (Å²) in [7, 11) is 0. The van der Waals surface area contributed by atoms with E-state index in [4.69, 9.17) is 11.6 Å². The summed E-state index contributed by atoms with van der Waals surface area (Å²) in [5.41, 5.74) is 1.78. The molecule has 1 aliphatic rings. The molecule has 1 aromatic rings. The molecule has 1 unspecified atom stereocenters. The molecule has 1 saturated carbocycles. The molecule has 0 bridgehead atoms.